The molecule has 7 nitrogen and oxygen atoms in total. The van der Waals surface area contributed by atoms with Gasteiger partial charge in [-0.15, -0.1) is 0 Å². The molecular formula is C18H22N4O3S. The van der Waals surface area contributed by atoms with E-state index < -0.39 is 10.0 Å². The monoisotopic (exact) mass is 374 g/mol. The molecule has 0 aromatic carbocycles. The molecule has 1 amide bonds. The molecule has 0 radical (unpaired) electrons. The topological polar surface area (TPSA) is 86.4 Å². The second-order valence-electron chi connectivity index (χ2n) is 6.85. The number of rotatable bonds is 7. The molecule has 0 bridgehead atoms. The van der Waals surface area contributed by atoms with Crippen molar-refractivity contribution in [1.29, 1.82) is 0 Å². The summed E-state index contributed by atoms with van der Waals surface area (Å²) in [5.74, 6) is 0.777. The number of hydrogen-bond acceptors (Lipinski definition) is 4. The third-order valence-electron chi connectivity index (χ3n) is 4.92. The Balaban J connectivity index is 1.70. The van der Waals surface area contributed by atoms with Gasteiger partial charge in [0.1, 0.15) is 11.5 Å². The first-order chi connectivity index (χ1) is 12.5. The van der Waals surface area contributed by atoms with Crippen LogP contribution in [0.2, 0.25) is 0 Å². The number of aromatic amines is 1. The van der Waals surface area contributed by atoms with Crippen LogP contribution in [0, 0.1) is 0 Å². The maximum absolute atomic E-state index is 12.4. The van der Waals surface area contributed by atoms with E-state index in [9.17, 15) is 13.2 Å². The first-order valence-corrected chi connectivity index (χ1v) is 10.5. The highest BCUT2D eigenvalue weighted by Crippen LogP contribution is 2.35. The molecule has 1 saturated carbocycles. The van der Waals surface area contributed by atoms with Crippen molar-refractivity contribution < 1.29 is 13.2 Å². The van der Waals surface area contributed by atoms with E-state index in [0.29, 0.717) is 31.0 Å². The van der Waals surface area contributed by atoms with Crippen molar-refractivity contribution in [3.63, 3.8) is 0 Å². The fourth-order valence-electron chi connectivity index (χ4n) is 3.43. The predicted octanol–water partition coefficient (Wildman–Crippen LogP) is 2.13. The quantitative estimate of drug-likeness (QED) is 0.752. The summed E-state index contributed by atoms with van der Waals surface area (Å²) >= 11 is 0. The van der Waals surface area contributed by atoms with Gasteiger partial charge in [0.25, 0.3) is 0 Å². The zero-order valence-electron chi connectivity index (χ0n) is 14.7. The third-order valence-corrected chi connectivity index (χ3v) is 6.91. The van der Waals surface area contributed by atoms with Crippen LogP contribution in [0.1, 0.15) is 31.7 Å². The minimum Gasteiger partial charge on any atom is -0.346 e. The SMILES string of the molecule is CCCS(=O)(=O)N1CC=C(c2cc(N(C=O)C3CC3)nc3[nH]ccc23)C1. The number of aromatic nitrogens is 2. The van der Waals surface area contributed by atoms with E-state index >= 15 is 0 Å². The Hall–Kier alpha value is -2.19. The van der Waals surface area contributed by atoms with Gasteiger partial charge in [0.2, 0.25) is 16.4 Å². The highest BCUT2D eigenvalue weighted by atomic mass is 32.2. The van der Waals surface area contributed by atoms with E-state index in [1.165, 1.54) is 4.31 Å². The minimum atomic E-state index is -3.23. The number of anilines is 1. The number of nitrogens with one attached hydrogen (secondary N) is 1. The van der Waals surface area contributed by atoms with Gasteiger partial charge in [-0.1, -0.05) is 13.0 Å². The maximum atomic E-state index is 12.4. The summed E-state index contributed by atoms with van der Waals surface area (Å²) in [5.41, 5.74) is 2.60. The molecule has 1 aliphatic heterocycles. The maximum Gasteiger partial charge on any atom is 0.215 e. The van der Waals surface area contributed by atoms with E-state index in [-0.39, 0.29) is 11.8 Å². The number of fused-ring (bicyclic) bond motifs is 1. The number of pyridine rings is 1. The van der Waals surface area contributed by atoms with Crippen LogP contribution in [0.5, 0.6) is 0 Å². The Morgan fingerprint density at radius 2 is 2.23 bits per heavy atom. The Labute approximate surface area is 152 Å². The zero-order valence-corrected chi connectivity index (χ0v) is 15.5. The van der Waals surface area contributed by atoms with E-state index in [2.05, 4.69) is 9.97 Å². The molecule has 4 rings (SSSR count). The van der Waals surface area contributed by atoms with Crippen molar-refractivity contribution in [3.05, 3.63) is 30.0 Å². The molecule has 0 atom stereocenters. The lowest BCUT2D eigenvalue weighted by Gasteiger charge is -2.18. The highest BCUT2D eigenvalue weighted by molar-refractivity contribution is 7.89. The van der Waals surface area contributed by atoms with Gasteiger partial charge in [-0.25, -0.2) is 13.4 Å². The molecule has 138 valence electrons. The predicted molar refractivity (Wildman–Crippen MR) is 101 cm³/mol. The Kier molecular flexibility index (Phi) is 4.32. The molecular weight excluding hydrogens is 352 g/mol. The molecule has 1 aliphatic carbocycles. The van der Waals surface area contributed by atoms with E-state index in [4.69, 9.17) is 0 Å². The van der Waals surface area contributed by atoms with Crippen molar-refractivity contribution in [1.82, 2.24) is 14.3 Å². The van der Waals surface area contributed by atoms with Crippen molar-refractivity contribution in [2.24, 2.45) is 0 Å². The van der Waals surface area contributed by atoms with Gasteiger partial charge < -0.3 is 4.98 Å². The van der Waals surface area contributed by atoms with Gasteiger partial charge in [-0.3, -0.25) is 9.69 Å². The smallest absolute Gasteiger partial charge is 0.215 e. The molecule has 0 unspecified atom stereocenters. The van der Waals surface area contributed by atoms with Gasteiger partial charge in [0.15, 0.2) is 0 Å². The van der Waals surface area contributed by atoms with Crippen molar-refractivity contribution >= 4 is 38.9 Å². The van der Waals surface area contributed by atoms with Gasteiger partial charge in [0.05, 0.1) is 5.75 Å². The number of hydrogen-bond donors (Lipinski definition) is 1. The molecule has 2 aromatic rings. The fraction of sp³-hybridized carbons (Fsp3) is 0.444. The van der Waals surface area contributed by atoms with E-state index in [0.717, 1.165) is 35.8 Å². The summed E-state index contributed by atoms with van der Waals surface area (Å²) in [7, 11) is -3.23. The highest BCUT2D eigenvalue weighted by Gasteiger charge is 2.31. The van der Waals surface area contributed by atoms with Gasteiger partial charge >= 0.3 is 0 Å². The van der Waals surface area contributed by atoms with Crippen LogP contribution in [0.3, 0.4) is 0 Å². The average molecular weight is 374 g/mol. The largest absolute Gasteiger partial charge is 0.346 e. The summed E-state index contributed by atoms with van der Waals surface area (Å²) < 4.78 is 26.2. The first kappa shape index (κ1) is 17.2. The molecule has 0 saturated heterocycles. The first-order valence-electron chi connectivity index (χ1n) is 8.92. The summed E-state index contributed by atoms with van der Waals surface area (Å²) in [6.45, 7) is 2.62. The van der Waals surface area contributed by atoms with Crippen LogP contribution in [0.15, 0.2) is 24.4 Å². The van der Waals surface area contributed by atoms with E-state index in [1.54, 1.807) is 4.90 Å². The van der Waals surface area contributed by atoms with Crippen LogP contribution < -0.4 is 4.90 Å². The minimum absolute atomic E-state index is 0.163. The van der Waals surface area contributed by atoms with Crippen LogP contribution in [-0.4, -0.2) is 54.0 Å². The van der Waals surface area contributed by atoms with Gasteiger partial charge in [-0.05, 0) is 42.5 Å². The number of amides is 1. The Bertz CT molecular complexity index is 975. The Morgan fingerprint density at radius 3 is 2.92 bits per heavy atom. The number of sulfonamides is 1. The second-order valence-corrected chi connectivity index (χ2v) is 8.94. The fourth-order valence-corrected chi connectivity index (χ4v) is 4.84. The van der Waals surface area contributed by atoms with Crippen LogP contribution >= 0.6 is 0 Å². The van der Waals surface area contributed by atoms with Crippen molar-refractivity contribution in [2.45, 2.75) is 32.2 Å². The molecule has 2 aromatic heterocycles. The molecule has 1 fully saturated rings. The summed E-state index contributed by atoms with van der Waals surface area (Å²) in [6, 6.07) is 4.07. The van der Waals surface area contributed by atoms with Gasteiger partial charge in [-0.2, -0.15) is 4.31 Å². The Morgan fingerprint density at radius 1 is 1.42 bits per heavy atom. The third kappa shape index (κ3) is 3.03. The summed E-state index contributed by atoms with van der Waals surface area (Å²) in [5, 5.41) is 0.941. The lowest BCUT2D eigenvalue weighted by atomic mass is 10.0. The number of carbonyl (C=O) groups is 1. The van der Waals surface area contributed by atoms with Crippen molar-refractivity contribution in [3.8, 4) is 0 Å². The van der Waals surface area contributed by atoms with Crippen LogP contribution in [0.4, 0.5) is 5.82 Å². The number of carbonyl (C=O) groups excluding carboxylic acids is 1. The second kappa shape index (κ2) is 6.51. The van der Waals surface area contributed by atoms with Gasteiger partial charge in [0, 0.05) is 30.7 Å². The molecule has 0 spiro atoms. The number of H-pyrrole nitrogens is 1. The normalized spacial score (nSPS) is 18.3. The summed E-state index contributed by atoms with van der Waals surface area (Å²) in [4.78, 5) is 20.9. The van der Waals surface area contributed by atoms with Crippen LogP contribution in [-0.2, 0) is 14.8 Å². The summed E-state index contributed by atoms with van der Waals surface area (Å²) in [6.07, 6.45) is 7.19. The zero-order chi connectivity index (χ0) is 18.3. The molecule has 1 N–H and O–H groups in total. The van der Waals surface area contributed by atoms with E-state index in [1.807, 2.05) is 31.3 Å². The molecule has 2 aliphatic rings. The number of nitrogens with zero attached hydrogens (tertiary/aromatic N) is 3. The standard InChI is InChI=1S/C18H22N4O3S/c1-2-9-26(24,25)21-8-6-13(11-21)16-10-17(22(12-23)14-3-4-14)20-18-15(16)5-7-19-18/h5-7,10,12,14H,2-4,8-9,11H2,1H3,(H,19,20). The molecule has 3 heterocycles. The lowest BCUT2D eigenvalue weighted by Crippen LogP contribution is -2.31. The molecule has 26 heavy (non-hydrogen) atoms. The molecule has 8 heteroatoms. The van der Waals surface area contributed by atoms with Crippen molar-refractivity contribution in [2.75, 3.05) is 23.7 Å². The average Bonchev–Trinajstić information content (AvgIpc) is 3.12. The lowest BCUT2D eigenvalue weighted by molar-refractivity contribution is -0.107. The van der Waals surface area contributed by atoms with Crippen LogP contribution in [0.25, 0.3) is 16.6 Å².